The molecule has 0 aromatic heterocycles. The monoisotopic (exact) mass is 927 g/mol. The average molecular weight is 927 g/mol. The molecule has 3 atom stereocenters. The van der Waals surface area contributed by atoms with Gasteiger partial charge in [-0.2, -0.15) is 0 Å². The van der Waals surface area contributed by atoms with E-state index in [2.05, 4.69) is 31.3 Å². The largest absolute Gasteiger partial charge is 0.756 e. The van der Waals surface area contributed by atoms with E-state index in [1.165, 1.54) is 218 Å². The number of phosphoric ester groups is 1. The van der Waals surface area contributed by atoms with Crippen molar-refractivity contribution in [1.29, 1.82) is 0 Å². The summed E-state index contributed by atoms with van der Waals surface area (Å²) < 4.78 is 23.4. The maximum absolute atomic E-state index is 13.0. The predicted octanol–water partition coefficient (Wildman–Crippen LogP) is 16.0. The Balaban J connectivity index is 4.19. The molecule has 382 valence electrons. The molecule has 0 saturated carbocycles. The molecule has 9 heteroatoms. The van der Waals surface area contributed by atoms with Crippen LogP contribution in [0.4, 0.5) is 0 Å². The summed E-state index contributed by atoms with van der Waals surface area (Å²) in [6.45, 7) is 4.76. The van der Waals surface area contributed by atoms with Gasteiger partial charge in [0.15, 0.2) is 0 Å². The van der Waals surface area contributed by atoms with Gasteiger partial charge in [0.2, 0.25) is 5.91 Å². The lowest BCUT2D eigenvalue weighted by molar-refractivity contribution is -0.870. The van der Waals surface area contributed by atoms with Crippen molar-refractivity contribution in [3.63, 3.8) is 0 Å². The molecular formula is C55H111N2O6P. The minimum atomic E-state index is -4.57. The van der Waals surface area contributed by atoms with Crippen molar-refractivity contribution in [2.24, 2.45) is 0 Å². The summed E-state index contributed by atoms with van der Waals surface area (Å²) in [6.07, 6.45) is 56.6. The molecule has 0 fully saturated rings. The average Bonchev–Trinajstić information content (AvgIpc) is 3.25. The van der Waals surface area contributed by atoms with E-state index in [-0.39, 0.29) is 19.1 Å². The molecule has 0 rings (SSSR count). The fourth-order valence-electron chi connectivity index (χ4n) is 8.57. The zero-order valence-electron chi connectivity index (χ0n) is 43.5. The van der Waals surface area contributed by atoms with Gasteiger partial charge in [-0.1, -0.05) is 251 Å². The zero-order valence-corrected chi connectivity index (χ0v) is 44.4. The first kappa shape index (κ1) is 63.2. The highest BCUT2D eigenvalue weighted by Crippen LogP contribution is 2.38. The number of amides is 1. The Morgan fingerprint density at radius 2 is 0.859 bits per heavy atom. The molecule has 1 amide bonds. The molecule has 0 bridgehead atoms. The van der Waals surface area contributed by atoms with Crippen LogP contribution in [0.1, 0.15) is 284 Å². The van der Waals surface area contributed by atoms with Crippen molar-refractivity contribution in [3.8, 4) is 0 Å². The van der Waals surface area contributed by atoms with Crippen LogP contribution in [0.5, 0.6) is 0 Å². The molecule has 0 saturated heterocycles. The minimum Gasteiger partial charge on any atom is -0.756 e. The van der Waals surface area contributed by atoms with E-state index < -0.39 is 20.0 Å². The summed E-state index contributed by atoms with van der Waals surface area (Å²) in [6, 6.07) is -0.800. The van der Waals surface area contributed by atoms with Gasteiger partial charge >= 0.3 is 0 Å². The van der Waals surface area contributed by atoms with Gasteiger partial charge in [-0.05, 0) is 38.5 Å². The van der Waals surface area contributed by atoms with Crippen LogP contribution >= 0.6 is 7.82 Å². The van der Waals surface area contributed by atoms with E-state index in [9.17, 15) is 19.4 Å². The Kier molecular flexibility index (Phi) is 46.8. The molecule has 0 aromatic carbocycles. The smallest absolute Gasteiger partial charge is 0.268 e. The van der Waals surface area contributed by atoms with E-state index in [1.54, 1.807) is 0 Å². The normalized spacial score (nSPS) is 14.0. The fraction of sp³-hybridized carbons (Fsp3) is 0.945. The number of aliphatic hydroxyl groups excluding tert-OH is 1. The second-order valence-corrected chi connectivity index (χ2v) is 22.1. The minimum absolute atomic E-state index is 0.0137. The van der Waals surface area contributed by atoms with E-state index in [0.29, 0.717) is 23.9 Å². The van der Waals surface area contributed by atoms with Crippen LogP contribution in [0.25, 0.3) is 0 Å². The third-order valence-electron chi connectivity index (χ3n) is 13.0. The van der Waals surface area contributed by atoms with Gasteiger partial charge in [-0.15, -0.1) is 0 Å². The molecule has 0 radical (unpaired) electrons. The molecule has 0 spiro atoms. The Hall–Kier alpha value is -0.760. The van der Waals surface area contributed by atoms with Gasteiger partial charge in [0, 0.05) is 6.42 Å². The standard InChI is InChI=1S/C55H111N2O6P/c1-6-8-10-12-14-16-18-20-22-24-26-28-29-31-33-35-37-39-41-43-45-47-49-55(59)56-53(52-63-64(60,61)62-51-50-57(3,4)5)54(58)48-46-44-42-40-38-36-34-32-30-27-25-23-21-19-17-15-13-11-9-7-2/h29,31,53-54,58H,6-28,30,32-52H2,1-5H3,(H-,56,59,60,61)/b31-29-. The lowest BCUT2D eigenvalue weighted by Gasteiger charge is -2.30. The first-order valence-corrected chi connectivity index (χ1v) is 29.5. The fourth-order valence-corrected chi connectivity index (χ4v) is 9.29. The molecule has 0 aliphatic carbocycles. The Labute approximate surface area is 399 Å². The Morgan fingerprint density at radius 1 is 0.531 bits per heavy atom. The van der Waals surface area contributed by atoms with Gasteiger partial charge < -0.3 is 28.8 Å². The first-order valence-electron chi connectivity index (χ1n) is 28.0. The van der Waals surface area contributed by atoms with E-state index >= 15 is 0 Å². The zero-order chi connectivity index (χ0) is 47.1. The van der Waals surface area contributed by atoms with Crippen LogP contribution in [0.3, 0.4) is 0 Å². The summed E-state index contributed by atoms with van der Waals surface area (Å²) in [5, 5.41) is 14.0. The van der Waals surface area contributed by atoms with E-state index in [4.69, 9.17) is 9.05 Å². The number of carbonyl (C=O) groups is 1. The number of carbonyl (C=O) groups excluding carboxylic acids is 1. The van der Waals surface area contributed by atoms with Crippen molar-refractivity contribution < 1.29 is 32.9 Å². The highest BCUT2D eigenvalue weighted by Gasteiger charge is 2.24. The lowest BCUT2D eigenvalue weighted by Crippen LogP contribution is -2.46. The molecule has 0 aromatic rings. The highest BCUT2D eigenvalue weighted by molar-refractivity contribution is 7.45. The SMILES string of the molecule is CCCCCCCCCCCCC/C=C\CCCCCCCCCC(=O)NC(COP(=O)([O-])OCC[N+](C)(C)C)C(O)CCCCCCCCCCCCCCCCCCCCCC. The predicted molar refractivity (Wildman–Crippen MR) is 275 cm³/mol. The second-order valence-electron chi connectivity index (χ2n) is 20.6. The number of nitrogens with one attached hydrogen (secondary N) is 1. The number of nitrogens with zero attached hydrogens (tertiary/aromatic N) is 1. The number of allylic oxidation sites excluding steroid dienone is 2. The maximum Gasteiger partial charge on any atom is 0.268 e. The first-order chi connectivity index (χ1) is 31.0. The van der Waals surface area contributed by atoms with Crippen molar-refractivity contribution in [2.45, 2.75) is 296 Å². The summed E-state index contributed by atoms with van der Waals surface area (Å²) >= 11 is 0. The topological polar surface area (TPSA) is 108 Å². The van der Waals surface area contributed by atoms with E-state index in [1.807, 2.05) is 21.1 Å². The quantitative estimate of drug-likeness (QED) is 0.0272. The van der Waals surface area contributed by atoms with Crippen LogP contribution in [0, 0.1) is 0 Å². The number of unbranched alkanes of at least 4 members (excludes halogenated alkanes) is 37. The van der Waals surface area contributed by atoms with Crippen LogP contribution in [0.15, 0.2) is 12.2 Å². The Morgan fingerprint density at radius 3 is 1.22 bits per heavy atom. The maximum atomic E-state index is 13.0. The molecule has 0 heterocycles. The van der Waals surface area contributed by atoms with Gasteiger partial charge in [-0.25, -0.2) is 0 Å². The van der Waals surface area contributed by atoms with Crippen molar-refractivity contribution in [3.05, 3.63) is 12.2 Å². The van der Waals surface area contributed by atoms with Crippen molar-refractivity contribution in [1.82, 2.24) is 5.32 Å². The van der Waals surface area contributed by atoms with Gasteiger partial charge in [-0.3, -0.25) is 9.36 Å². The highest BCUT2D eigenvalue weighted by atomic mass is 31.2. The number of quaternary nitrogens is 1. The summed E-state index contributed by atoms with van der Waals surface area (Å²) in [7, 11) is 1.31. The number of hydrogen-bond acceptors (Lipinski definition) is 6. The van der Waals surface area contributed by atoms with Crippen LogP contribution in [-0.4, -0.2) is 68.5 Å². The van der Waals surface area contributed by atoms with Crippen molar-refractivity contribution >= 4 is 13.7 Å². The molecule has 3 unspecified atom stereocenters. The van der Waals surface area contributed by atoms with Gasteiger partial charge in [0.1, 0.15) is 13.2 Å². The number of aliphatic hydroxyl groups is 1. The van der Waals surface area contributed by atoms with Gasteiger partial charge in [0.25, 0.3) is 7.82 Å². The van der Waals surface area contributed by atoms with Crippen molar-refractivity contribution in [2.75, 3.05) is 40.9 Å². The molecule has 8 nitrogen and oxygen atoms in total. The lowest BCUT2D eigenvalue weighted by atomic mass is 10.0. The van der Waals surface area contributed by atoms with Crippen LogP contribution in [0.2, 0.25) is 0 Å². The Bertz CT molecular complexity index is 1050. The third-order valence-corrected chi connectivity index (χ3v) is 14.0. The number of likely N-dealkylation sites (N-methyl/N-ethyl adjacent to an activating group) is 1. The molecular weight excluding hydrogens is 816 g/mol. The summed E-state index contributed by atoms with van der Waals surface area (Å²) in [5.41, 5.74) is 0. The number of phosphoric acid groups is 1. The second kappa shape index (κ2) is 47.3. The summed E-state index contributed by atoms with van der Waals surface area (Å²) in [4.78, 5) is 25.5. The molecule has 64 heavy (non-hydrogen) atoms. The number of hydrogen-bond donors (Lipinski definition) is 2. The molecule has 0 aliphatic heterocycles. The van der Waals surface area contributed by atoms with E-state index in [0.717, 1.165) is 38.5 Å². The van der Waals surface area contributed by atoms with Crippen LogP contribution in [-0.2, 0) is 18.4 Å². The molecule has 2 N–H and O–H groups in total. The van der Waals surface area contributed by atoms with Crippen LogP contribution < -0.4 is 10.2 Å². The summed E-state index contributed by atoms with van der Waals surface area (Å²) in [5.74, 6) is -0.164. The number of rotatable bonds is 52. The third kappa shape index (κ3) is 49.2. The van der Waals surface area contributed by atoms with Gasteiger partial charge in [0.05, 0.1) is 39.9 Å². The molecule has 0 aliphatic rings.